The zero-order valence-corrected chi connectivity index (χ0v) is 26.2. The van der Waals surface area contributed by atoms with Crippen LogP contribution in [0.2, 0.25) is 0 Å². The number of aromatic nitrogens is 7. The van der Waals surface area contributed by atoms with Gasteiger partial charge in [0.25, 0.3) is 0 Å². The number of carbonyl (C=O) groups excluding carboxylic acids is 1. The highest BCUT2D eigenvalue weighted by Gasteiger charge is 2.28. The summed E-state index contributed by atoms with van der Waals surface area (Å²) in [6.45, 7) is 10.2. The van der Waals surface area contributed by atoms with Crippen molar-refractivity contribution in [2.45, 2.75) is 45.1 Å². The Morgan fingerprint density at radius 1 is 0.978 bits per heavy atom. The predicted octanol–water partition coefficient (Wildman–Crippen LogP) is 2.65. The van der Waals surface area contributed by atoms with Crippen molar-refractivity contribution in [3.8, 4) is 0 Å². The van der Waals surface area contributed by atoms with Crippen molar-refractivity contribution >= 4 is 29.6 Å². The van der Waals surface area contributed by atoms with E-state index in [9.17, 15) is 9.90 Å². The van der Waals surface area contributed by atoms with E-state index < -0.39 is 11.7 Å². The number of nitrogens with zero attached hydrogens (tertiary/aromatic N) is 10. The Morgan fingerprint density at radius 2 is 1.70 bits per heavy atom. The van der Waals surface area contributed by atoms with Crippen LogP contribution in [0.25, 0.3) is 0 Å². The molecule has 2 aliphatic heterocycles. The minimum absolute atomic E-state index is 0.208. The minimum Gasteiger partial charge on any atom is -0.444 e. The maximum absolute atomic E-state index is 12.5. The van der Waals surface area contributed by atoms with Crippen LogP contribution in [-0.2, 0) is 16.0 Å². The Hall–Kier alpha value is -4.89. The molecule has 0 spiro atoms. The van der Waals surface area contributed by atoms with Gasteiger partial charge in [0.05, 0.1) is 37.7 Å². The van der Waals surface area contributed by atoms with Gasteiger partial charge in [-0.2, -0.15) is 10.1 Å². The molecule has 2 saturated heterocycles. The average Bonchev–Trinajstić information content (AvgIpc) is 3.50. The van der Waals surface area contributed by atoms with Crippen LogP contribution in [-0.4, -0.2) is 108 Å². The first-order valence-electron chi connectivity index (χ1n) is 15.3. The molecule has 0 saturated carbocycles. The molecule has 2 fully saturated rings. The third kappa shape index (κ3) is 7.84. The number of piperazine rings is 1. The van der Waals surface area contributed by atoms with E-state index >= 15 is 0 Å². The molecule has 0 radical (unpaired) electrons. The molecule has 3 aromatic heterocycles. The number of anilines is 4. The van der Waals surface area contributed by atoms with Gasteiger partial charge in [-0.25, -0.2) is 24.7 Å². The van der Waals surface area contributed by atoms with Crippen molar-refractivity contribution in [1.82, 2.24) is 39.6 Å². The largest absolute Gasteiger partial charge is 0.444 e. The Kier molecular flexibility index (Phi) is 9.21. The number of benzene rings is 1. The fourth-order valence-corrected chi connectivity index (χ4v) is 5.26. The van der Waals surface area contributed by atoms with Gasteiger partial charge in [-0.1, -0.05) is 30.3 Å². The number of aliphatic hydroxyl groups excluding tert-OH is 1. The lowest BCUT2D eigenvalue weighted by molar-refractivity contribution is -0.0483. The molecule has 0 aliphatic carbocycles. The van der Waals surface area contributed by atoms with Crippen LogP contribution < -0.4 is 15.1 Å². The molecule has 15 heteroatoms. The molecule has 2 N–H and O–H groups in total. The summed E-state index contributed by atoms with van der Waals surface area (Å²) < 4.78 is 13.2. The second-order valence-electron chi connectivity index (χ2n) is 12.2. The number of amides is 1. The van der Waals surface area contributed by atoms with Gasteiger partial charge in [-0.05, 0) is 26.3 Å². The summed E-state index contributed by atoms with van der Waals surface area (Å²) in [6.07, 6.45) is 7.08. The molecule has 4 aromatic rings. The maximum Gasteiger partial charge on any atom is 0.410 e. The van der Waals surface area contributed by atoms with Gasteiger partial charge in [0.15, 0.2) is 0 Å². The first kappa shape index (κ1) is 31.1. The zero-order chi connectivity index (χ0) is 32.1. The van der Waals surface area contributed by atoms with Crippen molar-refractivity contribution in [3.05, 3.63) is 72.6 Å². The van der Waals surface area contributed by atoms with E-state index in [4.69, 9.17) is 9.47 Å². The van der Waals surface area contributed by atoms with Gasteiger partial charge in [0.2, 0.25) is 17.8 Å². The van der Waals surface area contributed by atoms with E-state index in [-0.39, 0.29) is 12.2 Å². The number of hydrogen-bond acceptors (Lipinski definition) is 13. The highest BCUT2D eigenvalue weighted by Crippen LogP contribution is 2.23. The number of aliphatic hydroxyl groups is 1. The van der Waals surface area contributed by atoms with Gasteiger partial charge in [-0.3, -0.25) is 4.68 Å². The highest BCUT2D eigenvalue weighted by atomic mass is 16.6. The molecular weight excluding hydrogens is 590 g/mol. The number of nitrogens with one attached hydrogen (secondary N) is 1. The standard InChI is InChI=1S/C31H39N11O4/c1-31(2,3)46-30(44)41-13-14-45-25(19-41)20-42-18-24(17-36-42)37-27-34-21-35-29(38-27)40-11-9-39(10-12-40)28-32-15-23(16-33-28)26(43)22-7-5-4-6-8-22/h4-8,15-18,21,25-26,43H,9-14,19-20H2,1-3H3,(H,34,35,37,38). The molecule has 46 heavy (non-hydrogen) atoms. The SMILES string of the molecule is CC(C)(C)OC(=O)N1CCOC(Cn2cc(Nc3ncnc(N4CCN(c5ncc(C(O)c6ccccc6)cn5)CC4)n3)cn2)C1. The summed E-state index contributed by atoms with van der Waals surface area (Å²) in [6, 6.07) is 9.46. The van der Waals surface area contributed by atoms with Crippen LogP contribution in [0.5, 0.6) is 0 Å². The van der Waals surface area contributed by atoms with Gasteiger partial charge >= 0.3 is 6.09 Å². The van der Waals surface area contributed by atoms with Crippen molar-refractivity contribution in [2.24, 2.45) is 0 Å². The first-order chi connectivity index (χ1) is 22.2. The summed E-state index contributed by atoms with van der Waals surface area (Å²) in [4.78, 5) is 40.7. The van der Waals surface area contributed by atoms with E-state index in [1.165, 1.54) is 6.33 Å². The summed E-state index contributed by atoms with van der Waals surface area (Å²) in [7, 11) is 0. The summed E-state index contributed by atoms with van der Waals surface area (Å²) in [5.74, 6) is 1.60. The predicted molar refractivity (Wildman–Crippen MR) is 170 cm³/mol. The maximum atomic E-state index is 12.5. The third-order valence-electron chi connectivity index (χ3n) is 7.56. The molecule has 15 nitrogen and oxygen atoms in total. The summed E-state index contributed by atoms with van der Waals surface area (Å²) in [5, 5.41) is 18.3. The number of morpholine rings is 1. The molecule has 0 bridgehead atoms. The monoisotopic (exact) mass is 629 g/mol. The topological polar surface area (TPSA) is 160 Å². The Morgan fingerprint density at radius 3 is 2.41 bits per heavy atom. The van der Waals surface area contributed by atoms with Gasteiger partial charge in [0, 0.05) is 56.9 Å². The lowest BCUT2D eigenvalue weighted by atomic mass is 10.0. The lowest BCUT2D eigenvalue weighted by Crippen LogP contribution is -2.48. The van der Waals surface area contributed by atoms with Crippen LogP contribution in [0.15, 0.2) is 61.4 Å². The van der Waals surface area contributed by atoms with Crippen molar-refractivity contribution < 1.29 is 19.4 Å². The zero-order valence-electron chi connectivity index (χ0n) is 26.2. The smallest absolute Gasteiger partial charge is 0.410 e. The third-order valence-corrected chi connectivity index (χ3v) is 7.56. The van der Waals surface area contributed by atoms with E-state index in [2.05, 4.69) is 45.1 Å². The summed E-state index contributed by atoms with van der Waals surface area (Å²) >= 11 is 0. The Labute approximate surface area is 267 Å². The first-order valence-corrected chi connectivity index (χ1v) is 15.3. The van der Waals surface area contributed by atoms with E-state index in [0.29, 0.717) is 75.8 Å². The fraction of sp³-hybridized carbons (Fsp3) is 0.452. The Bertz CT molecular complexity index is 1590. The van der Waals surface area contributed by atoms with Gasteiger partial charge in [0.1, 0.15) is 18.0 Å². The second-order valence-corrected chi connectivity index (χ2v) is 12.2. The highest BCUT2D eigenvalue weighted by molar-refractivity contribution is 5.68. The van der Waals surface area contributed by atoms with Crippen LogP contribution in [0.3, 0.4) is 0 Å². The molecule has 2 unspecified atom stereocenters. The van der Waals surface area contributed by atoms with E-state index in [1.54, 1.807) is 28.2 Å². The van der Waals surface area contributed by atoms with Crippen molar-refractivity contribution in [1.29, 1.82) is 0 Å². The number of hydrogen-bond donors (Lipinski definition) is 2. The molecular formula is C31H39N11O4. The molecule has 5 heterocycles. The quantitative estimate of drug-likeness (QED) is 0.293. The molecule has 242 valence electrons. The molecule has 2 atom stereocenters. The molecule has 1 amide bonds. The normalized spacial score (nSPS) is 17.9. The second kappa shape index (κ2) is 13.6. The molecule has 1 aromatic carbocycles. The average molecular weight is 630 g/mol. The summed E-state index contributed by atoms with van der Waals surface area (Å²) in [5.41, 5.74) is 1.62. The van der Waals surface area contributed by atoms with Crippen LogP contribution in [0, 0.1) is 0 Å². The van der Waals surface area contributed by atoms with Gasteiger partial charge < -0.3 is 34.6 Å². The molecule has 2 aliphatic rings. The number of rotatable bonds is 8. The number of carbonyl (C=O) groups is 1. The molecule has 6 rings (SSSR count). The minimum atomic E-state index is -0.768. The van der Waals surface area contributed by atoms with Gasteiger partial charge in [-0.15, -0.1) is 0 Å². The lowest BCUT2D eigenvalue weighted by Gasteiger charge is -2.34. The van der Waals surface area contributed by atoms with E-state index in [1.807, 2.05) is 57.3 Å². The fourth-order valence-electron chi connectivity index (χ4n) is 5.26. The van der Waals surface area contributed by atoms with Crippen molar-refractivity contribution in [2.75, 3.05) is 61.0 Å². The van der Waals surface area contributed by atoms with Crippen molar-refractivity contribution in [3.63, 3.8) is 0 Å². The Balaban J connectivity index is 0.999. The number of ether oxygens (including phenoxy) is 2. The van der Waals surface area contributed by atoms with E-state index in [0.717, 1.165) is 11.3 Å². The van der Waals surface area contributed by atoms with Crippen LogP contribution >= 0.6 is 0 Å². The van der Waals surface area contributed by atoms with Crippen LogP contribution in [0.4, 0.5) is 28.3 Å². The van der Waals surface area contributed by atoms with Crippen LogP contribution in [0.1, 0.15) is 38.0 Å².